The summed E-state index contributed by atoms with van der Waals surface area (Å²) in [5, 5.41) is 22.1. The summed E-state index contributed by atoms with van der Waals surface area (Å²) in [5.74, 6) is -0.0850. The monoisotopic (exact) mass is 469 g/mol. The van der Waals surface area contributed by atoms with Crippen LogP contribution in [0.15, 0.2) is 18.2 Å². The van der Waals surface area contributed by atoms with Gasteiger partial charge in [-0.2, -0.15) is 0 Å². The van der Waals surface area contributed by atoms with E-state index in [1.807, 2.05) is 0 Å². The molecule has 0 heterocycles. The maximum atomic E-state index is 11.8. The number of phenolic OH excluding ortho intramolecular Hbond substituents is 1. The zero-order valence-corrected chi connectivity index (χ0v) is 21.8. The van der Waals surface area contributed by atoms with E-state index in [2.05, 4.69) is 41.5 Å². The van der Waals surface area contributed by atoms with E-state index in [1.54, 1.807) is 20.8 Å². The Morgan fingerprint density at radius 1 is 1.09 bits per heavy atom. The quantitative estimate of drug-likeness (QED) is 0.145. The first-order chi connectivity index (χ1) is 14.6. The fourth-order valence-electron chi connectivity index (χ4n) is 4.34. The molecule has 1 rings (SSSR count). The summed E-state index contributed by atoms with van der Waals surface area (Å²) in [7, 11) is -2.25. The lowest BCUT2D eigenvalue weighted by Crippen LogP contribution is -2.50. The van der Waals surface area contributed by atoms with Gasteiger partial charge in [0.25, 0.3) is 0 Å². The average Bonchev–Trinajstić information content (AvgIpc) is 2.60. The van der Waals surface area contributed by atoms with Crippen molar-refractivity contribution >= 4 is 14.5 Å². The van der Waals surface area contributed by atoms with Gasteiger partial charge in [0.05, 0.1) is 0 Å². The fraction of sp³-hybridized carbons (Fsp3) is 0.696. The molecule has 0 aliphatic rings. The number of rotatable bonds is 10. The Morgan fingerprint density at radius 2 is 1.62 bits per heavy atom. The maximum Gasteiger partial charge on any atom is 0.514 e. The highest BCUT2D eigenvalue weighted by atomic mass is 28.4. The Morgan fingerprint density at radius 3 is 2.03 bits per heavy atom. The molecule has 1 unspecified atom stereocenters. The van der Waals surface area contributed by atoms with Gasteiger partial charge in [0, 0.05) is 23.0 Å². The van der Waals surface area contributed by atoms with Crippen LogP contribution in [0.1, 0.15) is 67.9 Å². The average molecular weight is 470 g/mol. The lowest BCUT2D eigenvalue weighted by molar-refractivity contribution is -0.524. The second kappa shape index (κ2) is 11.1. The number of ether oxygens (including phenoxy) is 2. The maximum absolute atomic E-state index is 11.8. The molecular weight excluding hydrogens is 430 g/mol. The van der Waals surface area contributed by atoms with Crippen LogP contribution < -0.4 is 4.74 Å². The number of phenols is 1. The molecule has 1 atom stereocenters. The van der Waals surface area contributed by atoms with Crippen molar-refractivity contribution in [3.8, 4) is 11.5 Å². The first-order valence-electron chi connectivity index (χ1n) is 11.1. The van der Waals surface area contributed by atoms with Crippen LogP contribution in [0.3, 0.4) is 0 Å². The number of nitro groups is 1. The molecule has 0 fully saturated rings. The van der Waals surface area contributed by atoms with Gasteiger partial charge in [-0.15, -0.1) is 0 Å². The molecule has 0 saturated heterocycles. The van der Waals surface area contributed by atoms with E-state index in [-0.39, 0.29) is 29.5 Å². The Hall–Kier alpha value is -2.13. The number of benzene rings is 1. The molecule has 32 heavy (non-hydrogen) atoms. The van der Waals surface area contributed by atoms with Gasteiger partial charge in [-0.25, -0.2) is 4.79 Å². The molecule has 0 aromatic heterocycles. The van der Waals surface area contributed by atoms with E-state index in [0.717, 1.165) is 0 Å². The highest BCUT2D eigenvalue weighted by Crippen LogP contribution is 2.42. The van der Waals surface area contributed by atoms with Gasteiger partial charge in [-0.3, -0.25) is 10.1 Å². The zero-order chi connectivity index (χ0) is 24.9. The van der Waals surface area contributed by atoms with Gasteiger partial charge in [0.15, 0.2) is 0 Å². The summed E-state index contributed by atoms with van der Waals surface area (Å²) in [4.78, 5) is 23.2. The third-order valence-corrected chi connectivity index (χ3v) is 11.7. The predicted octanol–water partition coefficient (Wildman–Crippen LogP) is 6.09. The van der Waals surface area contributed by atoms with Gasteiger partial charge in [-0.1, -0.05) is 47.6 Å². The Kier molecular flexibility index (Phi) is 9.71. The van der Waals surface area contributed by atoms with Crippen molar-refractivity contribution in [1.82, 2.24) is 0 Å². The molecule has 1 aromatic rings. The number of nitrogens with zero attached hydrogens (tertiary/aromatic N) is 1. The van der Waals surface area contributed by atoms with Crippen molar-refractivity contribution in [2.45, 2.75) is 97.0 Å². The predicted molar refractivity (Wildman–Crippen MR) is 126 cm³/mol. The second-order valence-corrected chi connectivity index (χ2v) is 15.6. The zero-order valence-electron chi connectivity index (χ0n) is 20.8. The van der Waals surface area contributed by atoms with Crippen molar-refractivity contribution in [3.63, 3.8) is 0 Å². The van der Waals surface area contributed by atoms with E-state index in [0.29, 0.717) is 22.2 Å². The summed E-state index contributed by atoms with van der Waals surface area (Å²) in [5.41, 5.74) is 0.615. The number of hydrogen-bond donors (Lipinski definition) is 1. The second-order valence-electron chi connectivity index (χ2n) is 10.1. The van der Waals surface area contributed by atoms with Crippen molar-refractivity contribution in [2.75, 3.05) is 6.61 Å². The fourth-order valence-corrected chi connectivity index (χ4v) is 9.82. The first-order valence-corrected chi connectivity index (χ1v) is 13.2. The van der Waals surface area contributed by atoms with E-state index in [1.165, 1.54) is 18.2 Å². The molecule has 0 aliphatic carbocycles. The minimum absolute atomic E-state index is 0.00428. The minimum atomic E-state index is -2.25. The summed E-state index contributed by atoms with van der Waals surface area (Å²) < 4.78 is 16.6. The van der Waals surface area contributed by atoms with Gasteiger partial charge in [0.1, 0.15) is 23.7 Å². The summed E-state index contributed by atoms with van der Waals surface area (Å²) in [6.45, 7) is 17.9. The highest BCUT2D eigenvalue weighted by Gasteiger charge is 2.46. The van der Waals surface area contributed by atoms with Gasteiger partial charge >= 0.3 is 6.16 Å². The smallest absolute Gasteiger partial charge is 0.508 e. The standard InChI is InChI=1S/C23H39NO7Si/c1-15(2)32(16(3)4,17(5)6)29-14-19(24(27)28)12-18-10-11-20(13-21(18)25)30-22(26)31-23(7,8)9/h10-11,13,15-17,19,25H,12,14H2,1-9H3. The molecule has 0 aliphatic heterocycles. The van der Waals surface area contributed by atoms with Crippen LogP contribution >= 0.6 is 0 Å². The van der Waals surface area contributed by atoms with Crippen LogP contribution in [0.2, 0.25) is 16.6 Å². The molecule has 0 radical (unpaired) electrons. The lowest BCUT2D eigenvalue weighted by Gasteiger charge is -2.42. The molecule has 182 valence electrons. The van der Waals surface area contributed by atoms with E-state index < -0.39 is 26.1 Å². The minimum Gasteiger partial charge on any atom is -0.508 e. The van der Waals surface area contributed by atoms with Crippen LogP contribution in [-0.2, 0) is 15.6 Å². The Labute approximate surface area is 192 Å². The van der Waals surface area contributed by atoms with Crippen LogP contribution in [0.25, 0.3) is 0 Å². The molecule has 1 N–H and O–H groups in total. The Bertz CT molecular complexity index is 765. The topological polar surface area (TPSA) is 108 Å². The van der Waals surface area contributed by atoms with Gasteiger partial charge in [-0.05, 0) is 43.5 Å². The number of carbonyl (C=O) groups excluding carboxylic acids is 1. The highest BCUT2D eigenvalue weighted by molar-refractivity contribution is 6.77. The summed E-state index contributed by atoms with van der Waals surface area (Å²) in [6, 6.07) is 3.25. The number of carbonyl (C=O) groups is 1. The molecule has 9 heteroatoms. The molecule has 0 amide bonds. The summed E-state index contributed by atoms with van der Waals surface area (Å²) >= 11 is 0. The van der Waals surface area contributed by atoms with Crippen LogP contribution in [-0.4, -0.2) is 42.8 Å². The Balaban J connectivity index is 2.97. The van der Waals surface area contributed by atoms with Crippen molar-refractivity contribution in [3.05, 3.63) is 33.9 Å². The van der Waals surface area contributed by atoms with E-state index in [9.17, 15) is 20.0 Å². The summed E-state index contributed by atoms with van der Waals surface area (Å²) in [6.07, 6.45) is -0.886. The van der Waals surface area contributed by atoms with Crippen molar-refractivity contribution in [1.29, 1.82) is 0 Å². The molecular formula is C23H39NO7Si. The molecule has 0 spiro atoms. The first kappa shape index (κ1) is 27.9. The number of aromatic hydroxyl groups is 1. The largest absolute Gasteiger partial charge is 0.514 e. The molecule has 1 aromatic carbocycles. The van der Waals surface area contributed by atoms with Crippen molar-refractivity contribution in [2.24, 2.45) is 0 Å². The van der Waals surface area contributed by atoms with Crippen LogP contribution in [0.4, 0.5) is 4.79 Å². The third kappa shape index (κ3) is 7.48. The van der Waals surface area contributed by atoms with E-state index in [4.69, 9.17) is 13.9 Å². The lowest BCUT2D eigenvalue weighted by atomic mass is 10.1. The molecule has 0 bridgehead atoms. The van der Waals surface area contributed by atoms with E-state index >= 15 is 0 Å². The molecule has 8 nitrogen and oxygen atoms in total. The van der Waals surface area contributed by atoms with Crippen LogP contribution in [0.5, 0.6) is 11.5 Å². The SMILES string of the molecule is CC(C)[Si](OCC(Cc1ccc(OC(=O)OC(C)(C)C)cc1O)[N+](=O)[O-])(C(C)C)C(C)C. The number of hydrogen-bond acceptors (Lipinski definition) is 7. The van der Waals surface area contributed by atoms with Gasteiger partial charge in [0.2, 0.25) is 14.4 Å². The van der Waals surface area contributed by atoms with Crippen LogP contribution in [0, 0.1) is 10.1 Å². The molecule has 0 saturated carbocycles. The third-order valence-electron chi connectivity index (χ3n) is 5.63. The van der Waals surface area contributed by atoms with Gasteiger partial charge < -0.3 is 19.0 Å². The normalized spacial score (nSPS) is 13.5. The van der Waals surface area contributed by atoms with Crippen molar-refractivity contribution < 1.29 is 28.7 Å².